The molecule has 0 aliphatic carbocycles. The number of rotatable bonds is 18. The van der Waals surface area contributed by atoms with Gasteiger partial charge >= 0.3 is 6.18 Å². The molecule has 0 bridgehead atoms. The van der Waals surface area contributed by atoms with Gasteiger partial charge in [-0.2, -0.15) is 13.2 Å². The van der Waals surface area contributed by atoms with Crippen molar-refractivity contribution >= 4 is 52.2 Å². The molecule has 2 aliphatic heterocycles. The van der Waals surface area contributed by atoms with Gasteiger partial charge in [-0.1, -0.05) is 49.3 Å². The summed E-state index contributed by atoms with van der Waals surface area (Å²) >= 11 is 1.48. The molecule has 18 nitrogen and oxygen atoms in total. The fourth-order valence-electron chi connectivity index (χ4n) is 10.2. The Morgan fingerprint density at radius 3 is 2.25 bits per heavy atom. The first-order valence-corrected chi connectivity index (χ1v) is 27.1. The molecule has 3 aromatic carbocycles. The number of β-amino-alcohol motifs (C(OH)–C–C–N with tert-alkyl or cyclic N) is 1. The highest BCUT2D eigenvalue weighted by Gasteiger charge is 2.44. The van der Waals surface area contributed by atoms with Gasteiger partial charge in [0.25, 0.3) is 11.8 Å². The number of aryl methyl sites for hydroxylation is 2. The van der Waals surface area contributed by atoms with Crippen LogP contribution in [0.25, 0.3) is 21.6 Å². The van der Waals surface area contributed by atoms with E-state index >= 15 is 4.39 Å². The van der Waals surface area contributed by atoms with E-state index in [1.807, 2.05) is 70.8 Å². The van der Waals surface area contributed by atoms with E-state index in [2.05, 4.69) is 41.3 Å². The molecule has 6 N–H and O–H groups in total. The summed E-state index contributed by atoms with van der Waals surface area (Å²) in [6.45, 7) is 12.5. The summed E-state index contributed by atoms with van der Waals surface area (Å²) < 4.78 is 63.4. The number of aromatic nitrogens is 3. The first-order chi connectivity index (χ1) is 38.0. The van der Waals surface area contributed by atoms with Crippen LogP contribution in [-0.4, -0.2) is 124 Å². The van der Waals surface area contributed by atoms with Crippen molar-refractivity contribution < 1.29 is 51.2 Å². The number of nitrogens with one attached hydrogen (secondary N) is 5. The molecule has 0 radical (unpaired) electrons. The van der Waals surface area contributed by atoms with E-state index in [0.29, 0.717) is 48.1 Å². The van der Waals surface area contributed by atoms with Gasteiger partial charge in [0.1, 0.15) is 23.5 Å². The summed E-state index contributed by atoms with van der Waals surface area (Å²) in [6, 6.07) is 15.9. The molecule has 0 spiro atoms. The lowest BCUT2D eigenvalue weighted by Gasteiger charge is -2.44. The van der Waals surface area contributed by atoms with E-state index in [9.17, 15) is 47.0 Å². The highest BCUT2D eigenvalue weighted by molar-refractivity contribution is 7.13. The molecule has 8 rings (SSSR count). The zero-order valence-electron chi connectivity index (χ0n) is 45.2. The zero-order chi connectivity index (χ0) is 57.7. The number of aliphatic hydroxyl groups excluding tert-OH is 1. The van der Waals surface area contributed by atoms with Crippen LogP contribution < -0.4 is 31.7 Å². The fraction of sp³-hybridized carbons (Fsp3) is 0.404. The average Bonchev–Trinajstić information content (AvgIpc) is 4.23. The second kappa shape index (κ2) is 24.7. The Morgan fingerprint density at radius 2 is 1.60 bits per heavy atom. The number of pyridine rings is 1. The van der Waals surface area contributed by atoms with Gasteiger partial charge < -0.3 is 45.7 Å². The number of anilines is 2. The highest BCUT2D eigenvalue weighted by atomic mass is 32.1. The predicted octanol–water partition coefficient (Wildman–Crippen LogP) is 7.59. The molecule has 6 atom stereocenters. The second-order valence-corrected chi connectivity index (χ2v) is 21.7. The first-order valence-electron chi connectivity index (χ1n) is 26.3. The summed E-state index contributed by atoms with van der Waals surface area (Å²) in [5, 5.41) is 26.0. The lowest BCUT2D eigenvalue weighted by Crippen LogP contribution is -2.55. The molecule has 0 saturated carbocycles. The van der Waals surface area contributed by atoms with Gasteiger partial charge in [-0.3, -0.25) is 33.7 Å². The maximum Gasteiger partial charge on any atom is 0.417 e. The molecule has 2 fully saturated rings. The molecular weight excluding hydrogens is 1060 g/mol. The Balaban J connectivity index is 0.935. The summed E-state index contributed by atoms with van der Waals surface area (Å²) in [5.74, 6) is -4.46. The van der Waals surface area contributed by atoms with Crippen LogP contribution in [0.15, 0.2) is 93.8 Å². The Labute approximate surface area is 463 Å². The van der Waals surface area contributed by atoms with Crippen molar-refractivity contribution in [3.8, 4) is 21.6 Å². The number of likely N-dealkylation sites (tertiary alicyclic amines) is 1. The van der Waals surface area contributed by atoms with E-state index in [-0.39, 0.29) is 79.3 Å². The van der Waals surface area contributed by atoms with Crippen molar-refractivity contribution in [1.82, 2.24) is 40.9 Å². The van der Waals surface area contributed by atoms with Crippen molar-refractivity contribution in [2.24, 2.45) is 5.92 Å². The van der Waals surface area contributed by atoms with Crippen molar-refractivity contribution in [2.75, 3.05) is 50.0 Å². The Bertz CT molecular complexity index is 3300. The number of piperazine rings is 1. The van der Waals surface area contributed by atoms with Gasteiger partial charge in [0.15, 0.2) is 0 Å². The van der Waals surface area contributed by atoms with Crippen molar-refractivity contribution in [2.45, 2.75) is 103 Å². The van der Waals surface area contributed by atoms with Crippen LogP contribution in [0.5, 0.6) is 0 Å². The summed E-state index contributed by atoms with van der Waals surface area (Å²) in [4.78, 5) is 94.1. The van der Waals surface area contributed by atoms with E-state index in [1.165, 1.54) is 34.4 Å². The van der Waals surface area contributed by atoms with Crippen LogP contribution in [0, 0.1) is 25.6 Å². The molecule has 424 valence electrons. The Hall–Kier alpha value is -7.76. The number of amides is 5. The maximum absolute atomic E-state index is 15.8. The number of halogens is 4. The third kappa shape index (κ3) is 13.4. The predicted molar refractivity (Wildman–Crippen MR) is 293 cm³/mol. The number of thiazole rings is 1. The molecule has 3 aromatic heterocycles. The minimum atomic E-state index is -5.03. The number of benzene rings is 3. The lowest BCUT2D eigenvalue weighted by atomic mass is 9.91. The van der Waals surface area contributed by atoms with Crippen LogP contribution in [0.1, 0.15) is 108 Å². The van der Waals surface area contributed by atoms with E-state index in [1.54, 1.807) is 30.6 Å². The second-order valence-electron chi connectivity index (χ2n) is 20.9. The molecule has 0 unspecified atom stereocenters. The summed E-state index contributed by atoms with van der Waals surface area (Å²) in [6.07, 6.45) is -5.26. The van der Waals surface area contributed by atoms with Crippen LogP contribution >= 0.6 is 11.3 Å². The average molecular weight is 1130 g/mol. The molecule has 5 amide bonds. The normalized spacial score (nSPS) is 18.5. The smallest absolute Gasteiger partial charge is 0.391 e. The number of carbonyl (C=O) groups excluding carboxylic acids is 5. The number of aliphatic hydroxyl groups is 1. The zero-order valence-corrected chi connectivity index (χ0v) is 46.1. The number of carbonyl (C=O) groups is 5. The number of hydrogen-bond acceptors (Lipinski definition) is 13. The number of nitrogens with zero attached hydrogens (tertiary/aromatic N) is 5. The topological polar surface area (TPSA) is 235 Å². The standard InChI is InChI=1S/C57H64F4N10O8S/c1-30(2)51(48-19-31(3)68-79-48)56(78)71-28-39(72)22-47(71)55(77)66-44(35-9-11-36(12-10-35)52-34(6)65-29-80-52)24-50(74)62-17-8-18-63-53(75)38-13-15-43(58)40(20-38)37-14-16-46(70-26-32(4)69(7)33(5)27-70)45(21-37)67-54(76)41-25-64-49(73)23-42(41)57(59,60)61/h9-16,19-21,23,25,29-30,32-33,39,44,47,51,72H,8,17-18,22,24,26-28H2,1-7H3,(H,62,74)(H,63,75)(H,64,73)(H,66,77)(H,67,76)/t32-,33+,39-,44+,47+,51-/m1/s1. The maximum atomic E-state index is 15.8. The molecule has 5 heterocycles. The minimum absolute atomic E-state index is 0.0205. The number of alkyl halides is 3. The van der Waals surface area contributed by atoms with Crippen LogP contribution in [0.3, 0.4) is 0 Å². The third-order valence-corrected chi connectivity index (χ3v) is 15.7. The molecule has 6 aromatic rings. The van der Waals surface area contributed by atoms with E-state index < -0.39 is 82.3 Å². The van der Waals surface area contributed by atoms with Gasteiger partial charge in [0, 0.05) is 80.7 Å². The number of aromatic amines is 1. The lowest BCUT2D eigenvalue weighted by molar-refractivity contribution is -0.141. The van der Waals surface area contributed by atoms with Gasteiger partial charge in [-0.25, -0.2) is 9.37 Å². The Morgan fingerprint density at radius 1 is 0.900 bits per heavy atom. The van der Waals surface area contributed by atoms with Gasteiger partial charge in [0.05, 0.1) is 62.8 Å². The van der Waals surface area contributed by atoms with Gasteiger partial charge in [-0.15, -0.1) is 11.3 Å². The van der Waals surface area contributed by atoms with Crippen LogP contribution in [-0.2, 0) is 20.6 Å². The number of likely N-dealkylation sites (N-methyl/N-ethyl adjacent to an activating group) is 1. The van der Waals surface area contributed by atoms with Gasteiger partial charge in [-0.05, 0) is 94.1 Å². The fourth-order valence-corrected chi connectivity index (χ4v) is 11.1. The Kier molecular flexibility index (Phi) is 18.0. The van der Waals surface area contributed by atoms with E-state index in [0.717, 1.165) is 22.2 Å². The minimum Gasteiger partial charge on any atom is -0.391 e. The molecule has 2 saturated heterocycles. The largest absolute Gasteiger partial charge is 0.417 e. The molecule has 2 aliphatic rings. The molecule has 80 heavy (non-hydrogen) atoms. The quantitative estimate of drug-likeness (QED) is 0.0361. The third-order valence-electron chi connectivity index (χ3n) is 14.7. The first kappa shape index (κ1) is 58.4. The van der Waals surface area contributed by atoms with Crippen molar-refractivity contribution in [3.05, 3.63) is 140 Å². The van der Waals surface area contributed by atoms with Crippen molar-refractivity contribution in [1.29, 1.82) is 0 Å². The summed E-state index contributed by atoms with van der Waals surface area (Å²) in [7, 11) is 1.97. The number of H-pyrrole nitrogens is 1. The van der Waals surface area contributed by atoms with E-state index in [4.69, 9.17) is 4.52 Å². The SMILES string of the molecule is Cc1cc([C@H](C(=O)N2C[C@H](O)C[C@H]2C(=O)N[C@@H](CC(=O)NCCCNC(=O)c2ccc(F)c(-c3ccc(N4C[C@@H](C)N(C)[C@@H](C)C4)c(NC(=O)c4c[nH]c(=O)cc4C(F)(F)F)c3)c2)c2ccc(-c3scnc3C)cc2)C(C)C)on1. The van der Waals surface area contributed by atoms with Crippen LogP contribution in [0.2, 0.25) is 0 Å². The van der Waals surface area contributed by atoms with Gasteiger partial charge in [0.2, 0.25) is 23.3 Å². The van der Waals surface area contributed by atoms with Crippen LogP contribution in [0.4, 0.5) is 28.9 Å². The highest BCUT2D eigenvalue weighted by Crippen LogP contribution is 2.38. The molecule has 23 heteroatoms. The summed E-state index contributed by atoms with van der Waals surface area (Å²) in [5.41, 5.74) is 2.17. The van der Waals surface area contributed by atoms with Crippen molar-refractivity contribution in [3.63, 3.8) is 0 Å². The monoisotopic (exact) mass is 1120 g/mol. The molecular formula is C57H64F4N10O8S. The number of hydrogen-bond donors (Lipinski definition) is 6.